The van der Waals surface area contributed by atoms with Crippen LogP contribution in [0.4, 0.5) is 21.7 Å². The van der Waals surface area contributed by atoms with Gasteiger partial charge in [-0.3, -0.25) is 0 Å². The van der Waals surface area contributed by atoms with E-state index >= 15 is 0 Å². The average Bonchev–Trinajstić information content (AvgIpc) is 2.39. The van der Waals surface area contributed by atoms with Crippen molar-refractivity contribution in [2.24, 2.45) is 0 Å². The molecule has 1 heterocycles. The zero-order valence-electron chi connectivity index (χ0n) is 11.6. The van der Waals surface area contributed by atoms with Gasteiger partial charge in [-0.2, -0.15) is 0 Å². The van der Waals surface area contributed by atoms with E-state index in [0.29, 0.717) is 17.3 Å². The Morgan fingerprint density at radius 2 is 1.90 bits per heavy atom. The number of rotatable bonds is 4. The topological polar surface area (TPSA) is 49.8 Å². The van der Waals surface area contributed by atoms with Gasteiger partial charge in [0, 0.05) is 17.8 Å². The summed E-state index contributed by atoms with van der Waals surface area (Å²) in [4.78, 5) is 8.68. The zero-order chi connectivity index (χ0) is 14.7. The summed E-state index contributed by atoms with van der Waals surface area (Å²) in [5.41, 5.74) is 1.48. The molecule has 1 aromatic heterocycles. The molecule has 2 aromatic rings. The first-order valence-electron chi connectivity index (χ1n) is 6.32. The Bertz CT molecular complexity index is 631. The second kappa shape index (κ2) is 6.05. The molecule has 2 N–H and O–H groups in total. The maximum absolute atomic E-state index is 13.4. The van der Waals surface area contributed by atoms with Crippen molar-refractivity contribution >= 4 is 28.9 Å². The van der Waals surface area contributed by atoms with Crippen LogP contribution < -0.4 is 10.6 Å². The Balaban J connectivity index is 2.35. The van der Waals surface area contributed by atoms with Crippen molar-refractivity contribution in [2.75, 3.05) is 17.2 Å². The van der Waals surface area contributed by atoms with Gasteiger partial charge in [0.05, 0.1) is 5.02 Å². The summed E-state index contributed by atoms with van der Waals surface area (Å²) in [5.74, 6) is 1.60. The molecule has 0 fully saturated rings. The van der Waals surface area contributed by atoms with Crippen LogP contribution >= 0.6 is 11.6 Å². The molecular formula is C14H16ClFN4. The highest BCUT2D eigenvalue weighted by atomic mass is 35.5. The van der Waals surface area contributed by atoms with Crippen LogP contribution in [-0.2, 0) is 0 Å². The van der Waals surface area contributed by atoms with Crippen LogP contribution in [0.1, 0.15) is 18.3 Å². The Morgan fingerprint density at radius 3 is 2.55 bits per heavy atom. The molecule has 2 rings (SSSR count). The molecular weight excluding hydrogens is 279 g/mol. The number of aromatic nitrogens is 2. The van der Waals surface area contributed by atoms with Crippen LogP contribution in [0, 0.1) is 19.7 Å². The molecule has 1 aromatic carbocycles. The maximum atomic E-state index is 13.4. The number of anilines is 3. The Morgan fingerprint density at radius 1 is 1.20 bits per heavy atom. The van der Waals surface area contributed by atoms with Gasteiger partial charge in [-0.25, -0.2) is 14.4 Å². The Labute approximate surface area is 122 Å². The van der Waals surface area contributed by atoms with E-state index in [1.807, 2.05) is 20.8 Å². The minimum Gasteiger partial charge on any atom is -0.370 e. The van der Waals surface area contributed by atoms with Crippen LogP contribution in [0.3, 0.4) is 0 Å². The summed E-state index contributed by atoms with van der Waals surface area (Å²) in [5, 5.41) is 6.36. The minimum atomic E-state index is -0.466. The molecule has 0 aliphatic heterocycles. The second-order valence-corrected chi connectivity index (χ2v) is 4.78. The van der Waals surface area contributed by atoms with Gasteiger partial charge in [-0.1, -0.05) is 11.6 Å². The molecule has 0 amide bonds. The molecule has 0 bridgehead atoms. The Hall–Kier alpha value is -1.88. The summed E-state index contributed by atoms with van der Waals surface area (Å²) >= 11 is 5.67. The number of hydrogen-bond acceptors (Lipinski definition) is 4. The fourth-order valence-corrected chi connectivity index (χ4v) is 1.92. The fraction of sp³-hybridized carbons (Fsp3) is 0.286. The molecule has 0 aliphatic rings. The van der Waals surface area contributed by atoms with E-state index in [1.165, 1.54) is 12.1 Å². The van der Waals surface area contributed by atoms with Crippen molar-refractivity contribution in [1.29, 1.82) is 0 Å². The largest absolute Gasteiger partial charge is 0.370 e. The molecule has 0 unspecified atom stereocenters. The average molecular weight is 295 g/mol. The lowest BCUT2D eigenvalue weighted by Gasteiger charge is -2.13. The SMILES string of the molecule is CCNc1nc(C)nc(Nc2ccc(Cl)c(F)c2)c1C. The van der Waals surface area contributed by atoms with Gasteiger partial charge in [-0.05, 0) is 39.0 Å². The number of aryl methyl sites for hydroxylation is 1. The third-order valence-corrected chi connectivity index (χ3v) is 3.09. The van der Waals surface area contributed by atoms with Crippen LogP contribution in [0.2, 0.25) is 5.02 Å². The monoisotopic (exact) mass is 294 g/mol. The first-order chi connectivity index (χ1) is 9.51. The first kappa shape index (κ1) is 14.5. The van der Waals surface area contributed by atoms with Gasteiger partial charge in [0.15, 0.2) is 0 Å². The lowest BCUT2D eigenvalue weighted by atomic mass is 10.2. The summed E-state index contributed by atoms with van der Waals surface area (Å²) in [6, 6.07) is 4.55. The van der Waals surface area contributed by atoms with Crippen LogP contribution in [0.5, 0.6) is 0 Å². The normalized spacial score (nSPS) is 10.4. The van der Waals surface area contributed by atoms with Crippen LogP contribution in [0.25, 0.3) is 0 Å². The Kier molecular flexibility index (Phi) is 4.39. The molecule has 0 spiro atoms. The molecule has 6 heteroatoms. The standard InChI is InChI=1S/C14H16ClFN4/c1-4-17-13-8(2)14(19-9(3)18-13)20-10-5-6-11(15)12(16)7-10/h5-7H,4H2,1-3H3,(H2,17,18,19,20). The number of halogens is 2. The van der Waals surface area contributed by atoms with Crippen molar-refractivity contribution in [3.8, 4) is 0 Å². The number of benzene rings is 1. The van der Waals surface area contributed by atoms with Crippen molar-refractivity contribution < 1.29 is 4.39 Å². The minimum absolute atomic E-state index is 0.0967. The van der Waals surface area contributed by atoms with Gasteiger partial charge in [0.2, 0.25) is 0 Å². The van der Waals surface area contributed by atoms with Gasteiger partial charge < -0.3 is 10.6 Å². The van der Waals surface area contributed by atoms with E-state index in [9.17, 15) is 4.39 Å². The second-order valence-electron chi connectivity index (χ2n) is 4.38. The fourth-order valence-electron chi connectivity index (χ4n) is 1.80. The van der Waals surface area contributed by atoms with Gasteiger partial charge in [0.25, 0.3) is 0 Å². The van der Waals surface area contributed by atoms with Crippen molar-refractivity contribution in [3.63, 3.8) is 0 Å². The summed E-state index contributed by atoms with van der Waals surface area (Å²) in [6.45, 7) is 6.49. The van der Waals surface area contributed by atoms with Gasteiger partial charge in [0.1, 0.15) is 23.3 Å². The highest BCUT2D eigenvalue weighted by Gasteiger charge is 2.09. The highest BCUT2D eigenvalue weighted by Crippen LogP contribution is 2.25. The van der Waals surface area contributed by atoms with E-state index in [2.05, 4.69) is 20.6 Å². The third kappa shape index (κ3) is 3.17. The van der Waals surface area contributed by atoms with E-state index in [1.54, 1.807) is 6.07 Å². The summed E-state index contributed by atoms with van der Waals surface area (Å²) < 4.78 is 13.4. The highest BCUT2D eigenvalue weighted by molar-refractivity contribution is 6.30. The lowest BCUT2D eigenvalue weighted by molar-refractivity contribution is 0.629. The molecule has 0 atom stereocenters. The summed E-state index contributed by atoms with van der Waals surface area (Å²) in [6.07, 6.45) is 0. The summed E-state index contributed by atoms with van der Waals surface area (Å²) in [7, 11) is 0. The van der Waals surface area contributed by atoms with Crippen molar-refractivity contribution in [1.82, 2.24) is 9.97 Å². The number of hydrogen-bond donors (Lipinski definition) is 2. The number of nitrogens with one attached hydrogen (secondary N) is 2. The van der Waals surface area contributed by atoms with Crippen molar-refractivity contribution in [2.45, 2.75) is 20.8 Å². The molecule has 4 nitrogen and oxygen atoms in total. The number of nitrogens with zero attached hydrogens (tertiary/aromatic N) is 2. The smallest absolute Gasteiger partial charge is 0.143 e. The van der Waals surface area contributed by atoms with Gasteiger partial charge in [-0.15, -0.1) is 0 Å². The molecule has 20 heavy (non-hydrogen) atoms. The van der Waals surface area contributed by atoms with E-state index in [4.69, 9.17) is 11.6 Å². The molecule has 0 saturated heterocycles. The molecule has 0 aliphatic carbocycles. The lowest BCUT2D eigenvalue weighted by Crippen LogP contribution is -2.07. The van der Waals surface area contributed by atoms with E-state index in [0.717, 1.165) is 17.9 Å². The van der Waals surface area contributed by atoms with Gasteiger partial charge >= 0.3 is 0 Å². The molecule has 0 saturated carbocycles. The van der Waals surface area contributed by atoms with Crippen LogP contribution in [-0.4, -0.2) is 16.5 Å². The van der Waals surface area contributed by atoms with Crippen molar-refractivity contribution in [3.05, 3.63) is 40.4 Å². The molecule has 106 valence electrons. The van der Waals surface area contributed by atoms with E-state index < -0.39 is 5.82 Å². The molecule has 0 radical (unpaired) electrons. The quantitative estimate of drug-likeness (QED) is 0.893. The predicted molar refractivity (Wildman–Crippen MR) is 80.4 cm³/mol. The van der Waals surface area contributed by atoms with E-state index in [-0.39, 0.29) is 5.02 Å². The zero-order valence-corrected chi connectivity index (χ0v) is 12.3. The maximum Gasteiger partial charge on any atom is 0.143 e. The van der Waals surface area contributed by atoms with Crippen LogP contribution in [0.15, 0.2) is 18.2 Å². The third-order valence-electron chi connectivity index (χ3n) is 2.78. The predicted octanol–water partition coefficient (Wildman–Crippen LogP) is 4.06. The first-order valence-corrected chi connectivity index (χ1v) is 6.70.